The zero-order valence-corrected chi connectivity index (χ0v) is 19.6. The minimum Gasteiger partial charge on any atom is -0.441 e. The largest absolute Gasteiger partial charge is 0.573 e. The van der Waals surface area contributed by atoms with Crippen LogP contribution in [0.1, 0.15) is 24.8 Å². The molecule has 200 valence electrons. The van der Waals surface area contributed by atoms with Crippen LogP contribution in [0.4, 0.5) is 36.8 Å². The number of nitrogens with zero attached hydrogens (tertiary/aromatic N) is 2. The Morgan fingerprint density at radius 2 is 1.78 bits per heavy atom. The number of anilines is 1. The van der Waals surface area contributed by atoms with E-state index in [0.717, 1.165) is 12.1 Å². The summed E-state index contributed by atoms with van der Waals surface area (Å²) in [5, 5.41) is 5.16. The molecule has 37 heavy (non-hydrogen) atoms. The third kappa shape index (κ3) is 5.76. The topological polar surface area (TPSA) is 75.2 Å². The Labute approximate surface area is 208 Å². The monoisotopic (exact) mass is 530 g/mol. The minimum absolute atomic E-state index is 0.000475. The predicted molar refractivity (Wildman–Crippen MR) is 123 cm³/mol. The SMILES string of the molecule is CN1CCC1(c1ccccc1OC1=NCCCC1NC(=O)Nc1ccc(OC(F)(F)F)cc1)C(F)(F)F. The standard InChI is InChI=1S/C24H24F6N4O3/c1-34-14-12-22(34,23(25,26)27)17-5-2-3-7-19(17)36-20-18(6-4-13-31-20)33-21(35)32-15-8-10-16(11-9-15)37-24(28,29)30/h2-3,5,7-11,18H,4,6,12-14H2,1H3,(H2,32,33,35). The van der Waals surface area contributed by atoms with Gasteiger partial charge in [-0.1, -0.05) is 18.2 Å². The Morgan fingerprint density at radius 3 is 2.38 bits per heavy atom. The van der Waals surface area contributed by atoms with Crippen molar-refractivity contribution in [2.45, 2.75) is 43.4 Å². The van der Waals surface area contributed by atoms with Gasteiger partial charge in [0, 0.05) is 24.3 Å². The van der Waals surface area contributed by atoms with E-state index in [1.807, 2.05) is 0 Å². The zero-order valence-electron chi connectivity index (χ0n) is 19.6. The number of urea groups is 1. The van der Waals surface area contributed by atoms with Gasteiger partial charge in [-0.05, 0) is 56.6 Å². The third-order valence-electron chi connectivity index (χ3n) is 6.34. The fourth-order valence-electron chi connectivity index (χ4n) is 4.44. The summed E-state index contributed by atoms with van der Waals surface area (Å²) in [5.41, 5.74) is -2.01. The van der Waals surface area contributed by atoms with Crippen molar-refractivity contribution in [1.29, 1.82) is 0 Å². The molecule has 0 bridgehead atoms. The molecule has 2 atom stereocenters. The first-order valence-electron chi connectivity index (χ1n) is 11.4. The first-order valence-corrected chi connectivity index (χ1v) is 11.4. The van der Waals surface area contributed by atoms with Crippen molar-refractivity contribution in [1.82, 2.24) is 10.2 Å². The summed E-state index contributed by atoms with van der Waals surface area (Å²) < 4.78 is 89.1. The number of ether oxygens (including phenoxy) is 2. The Balaban J connectivity index is 1.46. The normalized spacial score (nSPS) is 22.5. The summed E-state index contributed by atoms with van der Waals surface area (Å²) >= 11 is 0. The number of benzene rings is 2. The quantitative estimate of drug-likeness (QED) is 0.505. The highest BCUT2D eigenvalue weighted by atomic mass is 19.4. The van der Waals surface area contributed by atoms with E-state index in [1.165, 1.54) is 42.3 Å². The van der Waals surface area contributed by atoms with Crippen LogP contribution in [0.15, 0.2) is 53.5 Å². The lowest BCUT2D eigenvalue weighted by molar-refractivity contribution is -0.274. The van der Waals surface area contributed by atoms with Crippen molar-refractivity contribution in [2.24, 2.45) is 4.99 Å². The lowest BCUT2D eigenvalue weighted by atomic mass is 9.77. The van der Waals surface area contributed by atoms with Gasteiger partial charge in [0.15, 0.2) is 0 Å². The summed E-state index contributed by atoms with van der Waals surface area (Å²) in [6.45, 7) is 0.657. The van der Waals surface area contributed by atoms with Gasteiger partial charge in [-0.15, -0.1) is 13.2 Å². The Bertz CT molecular complexity index is 1150. The highest BCUT2D eigenvalue weighted by Gasteiger charge is 2.64. The Morgan fingerprint density at radius 1 is 1.08 bits per heavy atom. The van der Waals surface area contributed by atoms with Crippen LogP contribution < -0.4 is 20.1 Å². The molecule has 0 aliphatic carbocycles. The van der Waals surface area contributed by atoms with Crippen LogP contribution in [-0.2, 0) is 5.54 Å². The smallest absolute Gasteiger partial charge is 0.441 e. The van der Waals surface area contributed by atoms with Gasteiger partial charge in [0.05, 0.1) is 0 Å². The van der Waals surface area contributed by atoms with Crippen LogP contribution in [0.3, 0.4) is 0 Å². The molecule has 0 saturated carbocycles. The van der Waals surface area contributed by atoms with Gasteiger partial charge in [0.2, 0.25) is 5.90 Å². The average molecular weight is 530 g/mol. The lowest BCUT2D eigenvalue weighted by Crippen LogP contribution is -2.63. The number of carbonyl (C=O) groups is 1. The van der Waals surface area contributed by atoms with Crippen molar-refractivity contribution in [3.63, 3.8) is 0 Å². The van der Waals surface area contributed by atoms with Crippen LogP contribution in [0.2, 0.25) is 0 Å². The molecule has 2 aliphatic heterocycles. The van der Waals surface area contributed by atoms with Gasteiger partial charge >= 0.3 is 18.6 Å². The van der Waals surface area contributed by atoms with Crippen molar-refractivity contribution >= 4 is 17.6 Å². The molecule has 2 unspecified atom stereocenters. The van der Waals surface area contributed by atoms with Crippen molar-refractivity contribution < 1.29 is 40.6 Å². The minimum atomic E-state index is -4.84. The first kappa shape index (κ1) is 26.6. The number of amides is 2. The summed E-state index contributed by atoms with van der Waals surface area (Å²) in [4.78, 5) is 18.1. The van der Waals surface area contributed by atoms with E-state index in [0.29, 0.717) is 19.4 Å². The van der Waals surface area contributed by atoms with E-state index in [9.17, 15) is 31.1 Å². The summed E-state index contributed by atoms with van der Waals surface area (Å²) in [7, 11) is 1.41. The Kier molecular flexibility index (Phi) is 7.27. The molecule has 7 nitrogen and oxygen atoms in total. The van der Waals surface area contributed by atoms with Gasteiger partial charge in [-0.2, -0.15) is 13.2 Å². The number of aliphatic imine (C=N–C) groups is 1. The lowest BCUT2D eigenvalue weighted by Gasteiger charge is -2.52. The van der Waals surface area contributed by atoms with Crippen molar-refractivity contribution in [2.75, 3.05) is 25.5 Å². The molecule has 2 aliphatic rings. The van der Waals surface area contributed by atoms with E-state index in [4.69, 9.17) is 4.74 Å². The molecule has 1 fully saturated rings. The number of hydrogen-bond donors (Lipinski definition) is 2. The van der Waals surface area contributed by atoms with Crippen LogP contribution in [0, 0.1) is 0 Å². The van der Waals surface area contributed by atoms with Crippen LogP contribution in [0.5, 0.6) is 11.5 Å². The fourth-order valence-corrected chi connectivity index (χ4v) is 4.44. The molecule has 2 heterocycles. The molecule has 2 aromatic carbocycles. The number of halogens is 6. The number of alkyl halides is 6. The molecule has 0 radical (unpaired) electrons. The number of carbonyl (C=O) groups excluding carboxylic acids is 1. The van der Waals surface area contributed by atoms with E-state index in [-0.39, 0.29) is 35.9 Å². The summed E-state index contributed by atoms with van der Waals surface area (Å²) in [6, 6.07) is 9.03. The third-order valence-corrected chi connectivity index (χ3v) is 6.34. The molecule has 0 spiro atoms. The predicted octanol–water partition coefficient (Wildman–Crippen LogP) is 5.44. The maximum atomic E-state index is 14.2. The van der Waals surface area contributed by atoms with Crippen LogP contribution in [-0.4, -0.2) is 55.5 Å². The van der Waals surface area contributed by atoms with Gasteiger partial charge < -0.3 is 20.1 Å². The highest BCUT2D eigenvalue weighted by molar-refractivity contribution is 5.94. The second-order valence-corrected chi connectivity index (χ2v) is 8.71. The van der Waals surface area contributed by atoms with Gasteiger partial charge in [0.1, 0.15) is 23.1 Å². The molecular formula is C24H24F6N4O3. The molecule has 2 aromatic rings. The summed E-state index contributed by atoms with van der Waals surface area (Å²) in [6.07, 6.45) is -8.45. The van der Waals surface area contributed by atoms with Crippen LogP contribution in [0.25, 0.3) is 0 Å². The number of likely N-dealkylation sites (tertiary alicyclic amines) is 1. The van der Waals surface area contributed by atoms with Gasteiger partial charge in [-0.25, -0.2) is 4.79 Å². The maximum Gasteiger partial charge on any atom is 0.573 e. The number of para-hydroxylation sites is 1. The maximum absolute atomic E-state index is 14.2. The van der Waals surface area contributed by atoms with Crippen LogP contribution >= 0.6 is 0 Å². The average Bonchev–Trinajstić information content (AvgIpc) is 2.80. The second kappa shape index (κ2) is 10.1. The zero-order chi connectivity index (χ0) is 26.8. The fraction of sp³-hybridized carbons (Fsp3) is 0.417. The molecular weight excluding hydrogens is 506 g/mol. The first-order chi connectivity index (χ1) is 17.4. The molecule has 1 saturated heterocycles. The van der Waals surface area contributed by atoms with E-state index in [2.05, 4.69) is 20.4 Å². The van der Waals surface area contributed by atoms with Crippen molar-refractivity contribution in [3.8, 4) is 11.5 Å². The van der Waals surface area contributed by atoms with E-state index >= 15 is 0 Å². The van der Waals surface area contributed by atoms with E-state index in [1.54, 1.807) is 6.07 Å². The van der Waals surface area contributed by atoms with E-state index < -0.39 is 35.9 Å². The molecule has 13 heteroatoms. The summed E-state index contributed by atoms with van der Waals surface area (Å²) in [5.74, 6) is -0.373. The Hall–Kier alpha value is -3.48. The molecule has 2 N–H and O–H groups in total. The molecule has 2 amide bonds. The number of rotatable bonds is 5. The second-order valence-electron chi connectivity index (χ2n) is 8.71. The van der Waals surface area contributed by atoms with Gasteiger partial charge in [0.25, 0.3) is 0 Å². The van der Waals surface area contributed by atoms with Gasteiger partial charge in [-0.3, -0.25) is 9.89 Å². The highest BCUT2D eigenvalue weighted by Crippen LogP contribution is 2.53. The molecule has 4 rings (SSSR count). The number of hydrogen-bond acceptors (Lipinski definition) is 5. The van der Waals surface area contributed by atoms with Crippen molar-refractivity contribution in [3.05, 3.63) is 54.1 Å². The number of nitrogens with one attached hydrogen (secondary N) is 2. The molecule has 0 aromatic heterocycles.